The van der Waals surface area contributed by atoms with Crippen molar-refractivity contribution in [1.82, 2.24) is 26.0 Å². The number of amides is 2. The van der Waals surface area contributed by atoms with Gasteiger partial charge in [-0.2, -0.15) is 5.10 Å². The fourth-order valence-corrected chi connectivity index (χ4v) is 4.18. The van der Waals surface area contributed by atoms with Crippen LogP contribution in [0, 0.1) is 5.92 Å². The predicted octanol–water partition coefficient (Wildman–Crippen LogP) is 3.76. The van der Waals surface area contributed by atoms with Gasteiger partial charge in [-0.25, -0.2) is 0 Å². The number of hydrogen-bond acceptors (Lipinski definition) is 3. The Balaban J connectivity index is 1.28. The number of hydrogen-bond donors (Lipinski definition) is 4. The van der Waals surface area contributed by atoms with Gasteiger partial charge in [-0.1, -0.05) is 37.3 Å². The Hall–Kier alpha value is -3.87. The largest absolute Gasteiger partial charge is 0.358 e. The Morgan fingerprint density at radius 2 is 1.84 bits per heavy atom. The van der Waals surface area contributed by atoms with Crippen LogP contribution in [0.1, 0.15) is 45.4 Å². The maximum absolute atomic E-state index is 12.6. The second-order valence-corrected chi connectivity index (χ2v) is 8.13. The van der Waals surface area contributed by atoms with E-state index in [1.54, 1.807) is 12.1 Å². The normalized spacial score (nSPS) is 15.5. The van der Waals surface area contributed by atoms with Gasteiger partial charge in [0, 0.05) is 27.7 Å². The number of H-pyrrole nitrogens is 2. The highest BCUT2D eigenvalue weighted by Gasteiger charge is 2.21. The van der Waals surface area contributed by atoms with Crippen molar-refractivity contribution < 1.29 is 9.59 Å². The van der Waals surface area contributed by atoms with Crippen LogP contribution in [0.25, 0.3) is 22.2 Å². The molecule has 1 aliphatic rings. The highest BCUT2D eigenvalue weighted by Crippen LogP contribution is 2.32. The number of carbonyl (C=O) groups is 2. The number of aryl methyl sites for hydroxylation is 1. The monoisotopic (exact) mass is 413 g/mol. The van der Waals surface area contributed by atoms with E-state index in [0.717, 1.165) is 29.3 Å². The number of rotatable bonds is 3. The minimum Gasteiger partial charge on any atom is -0.358 e. The van der Waals surface area contributed by atoms with E-state index in [4.69, 9.17) is 0 Å². The fourth-order valence-electron chi connectivity index (χ4n) is 4.18. The third-order valence-corrected chi connectivity index (χ3v) is 5.88. The van der Waals surface area contributed by atoms with E-state index in [-0.39, 0.29) is 11.6 Å². The molecule has 0 saturated carbocycles. The summed E-state index contributed by atoms with van der Waals surface area (Å²) in [6, 6.07) is 16.8. The van der Waals surface area contributed by atoms with E-state index >= 15 is 0 Å². The van der Waals surface area contributed by atoms with Crippen molar-refractivity contribution in [2.75, 3.05) is 0 Å². The zero-order valence-corrected chi connectivity index (χ0v) is 17.2. The molecule has 0 aliphatic heterocycles. The Bertz CT molecular complexity index is 1270. The lowest BCUT2D eigenvalue weighted by molar-refractivity contribution is 0.0844. The SMILES string of the molecule is C[C@H]1CCc2[nH]c3ccc(C(=O)NNC(=O)c4cc(-c5ccccc5)n[nH]4)cc3c2C1. The van der Waals surface area contributed by atoms with Crippen LogP contribution in [-0.2, 0) is 12.8 Å². The molecular weight excluding hydrogens is 390 g/mol. The van der Waals surface area contributed by atoms with Gasteiger partial charge in [0.25, 0.3) is 11.8 Å². The first-order valence-corrected chi connectivity index (χ1v) is 10.4. The van der Waals surface area contributed by atoms with Gasteiger partial charge in [-0.3, -0.25) is 25.5 Å². The molecule has 0 fully saturated rings. The molecule has 31 heavy (non-hydrogen) atoms. The molecule has 156 valence electrons. The summed E-state index contributed by atoms with van der Waals surface area (Å²) >= 11 is 0. The van der Waals surface area contributed by atoms with E-state index in [2.05, 4.69) is 33.0 Å². The van der Waals surface area contributed by atoms with Crippen LogP contribution >= 0.6 is 0 Å². The smallest absolute Gasteiger partial charge is 0.287 e. The summed E-state index contributed by atoms with van der Waals surface area (Å²) in [5.41, 5.74) is 10.9. The third-order valence-electron chi connectivity index (χ3n) is 5.88. The number of nitrogens with one attached hydrogen (secondary N) is 4. The van der Waals surface area contributed by atoms with Crippen LogP contribution < -0.4 is 10.9 Å². The zero-order valence-electron chi connectivity index (χ0n) is 17.2. The van der Waals surface area contributed by atoms with Crippen molar-refractivity contribution in [2.24, 2.45) is 5.92 Å². The van der Waals surface area contributed by atoms with Crippen LogP contribution in [-0.4, -0.2) is 27.0 Å². The minimum absolute atomic E-state index is 0.267. The van der Waals surface area contributed by atoms with Crippen molar-refractivity contribution in [3.63, 3.8) is 0 Å². The summed E-state index contributed by atoms with van der Waals surface area (Å²) in [5.74, 6) is -0.188. The molecule has 4 N–H and O–H groups in total. The summed E-state index contributed by atoms with van der Waals surface area (Å²) < 4.78 is 0. The van der Waals surface area contributed by atoms with Crippen LogP contribution in [0.3, 0.4) is 0 Å². The van der Waals surface area contributed by atoms with E-state index in [0.29, 0.717) is 17.2 Å². The topological polar surface area (TPSA) is 103 Å². The van der Waals surface area contributed by atoms with Gasteiger partial charge in [0.05, 0.1) is 5.69 Å². The second-order valence-electron chi connectivity index (χ2n) is 8.13. The number of aromatic nitrogens is 3. The third kappa shape index (κ3) is 3.70. The van der Waals surface area contributed by atoms with E-state index < -0.39 is 5.91 Å². The lowest BCUT2D eigenvalue weighted by Gasteiger charge is -2.18. The molecule has 2 amide bonds. The van der Waals surface area contributed by atoms with Crippen molar-refractivity contribution in [3.8, 4) is 11.3 Å². The van der Waals surface area contributed by atoms with Crippen LogP contribution in [0.15, 0.2) is 54.6 Å². The molecule has 0 radical (unpaired) electrons. The number of carbonyl (C=O) groups excluding carboxylic acids is 2. The van der Waals surface area contributed by atoms with Crippen molar-refractivity contribution in [1.29, 1.82) is 0 Å². The molecule has 5 rings (SSSR count). The lowest BCUT2D eigenvalue weighted by Crippen LogP contribution is -2.41. The Morgan fingerprint density at radius 3 is 2.68 bits per heavy atom. The molecular formula is C24H23N5O2. The van der Waals surface area contributed by atoms with Crippen molar-refractivity contribution in [3.05, 3.63) is 77.1 Å². The van der Waals surface area contributed by atoms with Crippen molar-refractivity contribution in [2.45, 2.75) is 26.2 Å². The van der Waals surface area contributed by atoms with Crippen molar-refractivity contribution >= 4 is 22.7 Å². The molecule has 2 aromatic heterocycles. The first-order chi connectivity index (χ1) is 15.1. The fraction of sp³-hybridized carbons (Fsp3) is 0.208. The van der Waals surface area contributed by atoms with Crippen LogP contribution in [0.2, 0.25) is 0 Å². The van der Waals surface area contributed by atoms with Gasteiger partial charge in [0.15, 0.2) is 0 Å². The summed E-state index contributed by atoms with van der Waals surface area (Å²) in [7, 11) is 0. The Kier molecular flexibility index (Phi) is 4.78. The molecule has 1 aliphatic carbocycles. The maximum atomic E-state index is 12.6. The summed E-state index contributed by atoms with van der Waals surface area (Å²) in [4.78, 5) is 28.5. The molecule has 4 aromatic rings. The Morgan fingerprint density at radius 1 is 1.03 bits per heavy atom. The quantitative estimate of drug-likeness (QED) is 0.385. The van der Waals surface area contributed by atoms with Gasteiger partial charge in [0.1, 0.15) is 5.69 Å². The molecule has 0 bridgehead atoms. The average Bonchev–Trinajstić information content (AvgIpc) is 3.42. The zero-order chi connectivity index (χ0) is 21.4. The molecule has 1 atom stereocenters. The van der Waals surface area contributed by atoms with Gasteiger partial charge < -0.3 is 4.98 Å². The lowest BCUT2D eigenvalue weighted by atomic mass is 9.87. The molecule has 0 spiro atoms. The highest BCUT2D eigenvalue weighted by atomic mass is 16.2. The van der Waals surface area contributed by atoms with Gasteiger partial charge in [-0.15, -0.1) is 0 Å². The minimum atomic E-state index is -0.461. The number of aromatic amines is 2. The first kappa shape index (κ1) is 19.1. The molecule has 0 saturated heterocycles. The van der Waals surface area contributed by atoms with Gasteiger partial charge in [0.2, 0.25) is 0 Å². The summed E-state index contributed by atoms with van der Waals surface area (Å²) in [5, 5.41) is 7.96. The second kappa shape index (κ2) is 7.75. The molecule has 2 aromatic carbocycles. The van der Waals surface area contributed by atoms with E-state index in [9.17, 15) is 9.59 Å². The first-order valence-electron chi connectivity index (χ1n) is 10.4. The summed E-state index contributed by atoms with van der Waals surface area (Å²) in [6.45, 7) is 2.26. The van der Waals surface area contributed by atoms with Gasteiger partial charge in [-0.05, 0) is 55.0 Å². The van der Waals surface area contributed by atoms with E-state index in [1.807, 2.05) is 42.5 Å². The number of hydrazine groups is 1. The maximum Gasteiger partial charge on any atom is 0.287 e. The number of benzene rings is 2. The number of nitrogens with zero attached hydrogens (tertiary/aromatic N) is 1. The molecule has 7 heteroatoms. The highest BCUT2D eigenvalue weighted by molar-refractivity contribution is 6.01. The molecule has 7 nitrogen and oxygen atoms in total. The predicted molar refractivity (Wildman–Crippen MR) is 118 cm³/mol. The molecule has 2 heterocycles. The standard InChI is InChI=1S/C24H23N5O2/c1-14-7-9-19-17(11-14)18-12-16(8-10-20(18)25-19)23(30)28-29-24(31)22-13-21(26-27-22)15-5-3-2-4-6-15/h2-6,8,10,12-14,25H,7,9,11H2,1H3,(H,26,27)(H,28,30)(H,29,31)/t14-/m0/s1. The van der Waals surface area contributed by atoms with E-state index in [1.165, 1.54) is 17.7 Å². The van der Waals surface area contributed by atoms with Gasteiger partial charge >= 0.3 is 0 Å². The summed E-state index contributed by atoms with van der Waals surface area (Å²) in [6.07, 6.45) is 3.23. The Labute approximate surface area is 179 Å². The average molecular weight is 413 g/mol. The van der Waals surface area contributed by atoms with Crippen LogP contribution in [0.5, 0.6) is 0 Å². The van der Waals surface area contributed by atoms with Crippen LogP contribution in [0.4, 0.5) is 0 Å². The number of fused-ring (bicyclic) bond motifs is 3. The molecule has 0 unspecified atom stereocenters.